The highest BCUT2D eigenvalue weighted by Gasteiger charge is 2.42. The molecule has 0 radical (unpaired) electrons. The van der Waals surface area contributed by atoms with E-state index in [1.807, 2.05) is 30.3 Å². The first-order valence-electron chi connectivity index (χ1n) is 9.93. The maximum absolute atomic E-state index is 13.5. The van der Waals surface area contributed by atoms with Crippen LogP contribution in [0.5, 0.6) is 5.75 Å². The van der Waals surface area contributed by atoms with Crippen molar-refractivity contribution in [3.8, 4) is 5.75 Å². The van der Waals surface area contributed by atoms with Gasteiger partial charge in [0.1, 0.15) is 5.75 Å². The van der Waals surface area contributed by atoms with Crippen molar-refractivity contribution >= 4 is 21.6 Å². The number of ether oxygens (including phenoxy) is 2. The Morgan fingerprint density at radius 2 is 1.77 bits per heavy atom. The lowest BCUT2D eigenvalue weighted by molar-refractivity contribution is -0.125. The van der Waals surface area contributed by atoms with Gasteiger partial charge < -0.3 is 14.8 Å². The molecule has 3 rings (SSSR count). The Bertz CT molecular complexity index is 984. The SMILES string of the molecule is COc1ccc(S(=O)(=O)NC(C)C)cc1NC(=O)C1(c2ccccc2)CCOCC1. The number of hydrogen-bond acceptors (Lipinski definition) is 5. The van der Waals surface area contributed by atoms with Gasteiger partial charge in [-0.15, -0.1) is 0 Å². The molecule has 2 N–H and O–H groups in total. The van der Waals surface area contributed by atoms with Gasteiger partial charge in [-0.2, -0.15) is 0 Å². The van der Waals surface area contributed by atoms with E-state index in [2.05, 4.69) is 10.0 Å². The third-order valence-electron chi connectivity index (χ3n) is 5.23. The van der Waals surface area contributed by atoms with Crippen molar-refractivity contribution < 1.29 is 22.7 Å². The van der Waals surface area contributed by atoms with Gasteiger partial charge in [0, 0.05) is 19.3 Å². The van der Waals surface area contributed by atoms with Gasteiger partial charge >= 0.3 is 0 Å². The number of hydrogen-bond donors (Lipinski definition) is 2. The molecule has 30 heavy (non-hydrogen) atoms. The van der Waals surface area contributed by atoms with Gasteiger partial charge in [0.05, 0.1) is 23.1 Å². The average Bonchev–Trinajstić information content (AvgIpc) is 2.74. The number of nitrogens with one attached hydrogen (secondary N) is 2. The number of benzene rings is 2. The first-order valence-corrected chi connectivity index (χ1v) is 11.4. The predicted molar refractivity (Wildman–Crippen MR) is 115 cm³/mol. The van der Waals surface area contributed by atoms with E-state index in [-0.39, 0.29) is 16.8 Å². The molecule has 162 valence electrons. The highest BCUT2D eigenvalue weighted by atomic mass is 32.2. The number of sulfonamides is 1. The summed E-state index contributed by atoms with van der Waals surface area (Å²) in [5.41, 5.74) is 0.473. The summed E-state index contributed by atoms with van der Waals surface area (Å²) < 4.78 is 38.6. The molecular weight excluding hydrogens is 404 g/mol. The summed E-state index contributed by atoms with van der Waals surface area (Å²) in [5.74, 6) is 0.184. The van der Waals surface area contributed by atoms with Crippen LogP contribution in [-0.2, 0) is 25.0 Å². The monoisotopic (exact) mass is 432 g/mol. The van der Waals surface area contributed by atoms with Crippen molar-refractivity contribution in [1.82, 2.24) is 4.72 Å². The van der Waals surface area contributed by atoms with Crippen LogP contribution >= 0.6 is 0 Å². The summed E-state index contributed by atoms with van der Waals surface area (Å²) in [6, 6.07) is 13.8. The molecule has 8 heteroatoms. The van der Waals surface area contributed by atoms with Crippen molar-refractivity contribution in [1.29, 1.82) is 0 Å². The van der Waals surface area contributed by atoms with Crippen LogP contribution in [0.3, 0.4) is 0 Å². The second-order valence-corrected chi connectivity index (χ2v) is 9.37. The molecular formula is C22H28N2O5S. The molecule has 2 aromatic carbocycles. The summed E-state index contributed by atoms with van der Waals surface area (Å²) in [6.45, 7) is 4.45. The Balaban J connectivity index is 1.97. The quantitative estimate of drug-likeness (QED) is 0.701. The Hall–Kier alpha value is -2.42. The van der Waals surface area contributed by atoms with Gasteiger partial charge in [-0.05, 0) is 50.5 Å². The molecule has 1 aliphatic heterocycles. The summed E-state index contributed by atoms with van der Waals surface area (Å²) in [6.07, 6.45) is 1.08. The van der Waals surface area contributed by atoms with Gasteiger partial charge in [0.15, 0.2) is 0 Å². The maximum atomic E-state index is 13.5. The summed E-state index contributed by atoms with van der Waals surface area (Å²) in [4.78, 5) is 13.6. The minimum Gasteiger partial charge on any atom is -0.495 e. The highest BCUT2D eigenvalue weighted by Crippen LogP contribution is 2.37. The van der Waals surface area contributed by atoms with Crippen LogP contribution in [0, 0.1) is 0 Å². The number of amides is 1. The topological polar surface area (TPSA) is 93.7 Å². The van der Waals surface area contributed by atoms with Gasteiger partial charge in [0.2, 0.25) is 15.9 Å². The Morgan fingerprint density at radius 3 is 2.37 bits per heavy atom. The Morgan fingerprint density at radius 1 is 1.10 bits per heavy atom. The molecule has 1 saturated heterocycles. The summed E-state index contributed by atoms with van der Waals surface area (Å²) in [5, 5.41) is 2.92. The first kappa shape index (κ1) is 22.3. The smallest absolute Gasteiger partial charge is 0.240 e. The van der Waals surface area contributed by atoms with Gasteiger partial charge in [-0.1, -0.05) is 30.3 Å². The molecule has 0 aliphatic carbocycles. The highest BCUT2D eigenvalue weighted by molar-refractivity contribution is 7.89. The van der Waals surface area contributed by atoms with E-state index < -0.39 is 15.4 Å². The first-order chi connectivity index (χ1) is 14.3. The molecule has 0 bridgehead atoms. The fourth-order valence-corrected chi connectivity index (χ4v) is 4.97. The van der Waals surface area contributed by atoms with Crippen LogP contribution < -0.4 is 14.8 Å². The lowest BCUT2D eigenvalue weighted by Gasteiger charge is -2.36. The van der Waals surface area contributed by atoms with Crippen LogP contribution in [-0.4, -0.2) is 40.7 Å². The standard InChI is InChI=1S/C22H28N2O5S/c1-16(2)24-30(26,27)18-9-10-20(28-3)19(15-18)23-21(25)22(11-13-29-14-12-22)17-7-5-4-6-8-17/h4-10,15-16,24H,11-14H2,1-3H3,(H,23,25). The molecule has 2 aromatic rings. The second-order valence-electron chi connectivity index (χ2n) is 7.65. The van der Waals surface area contributed by atoms with E-state index in [9.17, 15) is 13.2 Å². The van der Waals surface area contributed by atoms with Crippen molar-refractivity contribution in [3.05, 3.63) is 54.1 Å². The number of rotatable bonds is 7. The second kappa shape index (κ2) is 9.16. The predicted octanol–water partition coefficient (Wildman–Crippen LogP) is 3.07. The van der Waals surface area contributed by atoms with Crippen LogP contribution in [0.4, 0.5) is 5.69 Å². The van der Waals surface area contributed by atoms with Crippen LogP contribution in [0.25, 0.3) is 0 Å². The van der Waals surface area contributed by atoms with Crippen molar-refractivity contribution in [2.24, 2.45) is 0 Å². The maximum Gasteiger partial charge on any atom is 0.240 e. The van der Waals surface area contributed by atoms with Gasteiger partial charge in [0.25, 0.3) is 0 Å². The van der Waals surface area contributed by atoms with Crippen LogP contribution in [0.1, 0.15) is 32.3 Å². The van der Waals surface area contributed by atoms with Crippen molar-refractivity contribution in [2.75, 3.05) is 25.6 Å². The average molecular weight is 433 g/mol. The van der Waals surface area contributed by atoms with E-state index in [1.54, 1.807) is 19.9 Å². The molecule has 1 amide bonds. The van der Waals surface area contributed by atoms with Crippen LogP contribution in [0.15, 0.2) is 53.4 Å². The van der Waals surface area contributed by atoms with Crippen molar-refractivity contribution in [2.45, 2.75) is 43.0 Å². The van der Waals surface area contributed by atoms with E-state index in [0.717, 1.165) is 5.56 Å². The molecule has 0 atom stereocenters. The number of anilines is 1. The fraction of sp³-hybridized carbons (Fsp3) is 0.409. The van der Waals surface area contributed by atoms with E-state index >= 15 is 0 Å². The third kappa shape index (κ3) is 4.66. The Kier molecular flexibility index (Phi) is 6.80. The molecule has 1 aliphatic rings. The number of methoxy groups -OCH3 is 1. The fourth-order valence-electron chi connectivity index (χ4n) is 3.70. The van der Waals surface area contributed by atoms with Gasteiger partial charge in [-0.3, -0.25) is 4.79 Å². The lowest BCUT2D eigenvalue weighted by Crippen LogP contribution is -2.44. The molecule has 0 saturated carbocycles. The van der Waals surface area contributed by atoms with E-state index in [1.165, 1.54) is 19.2 Å². The zero-order valence-electron chi connectivity index (χ0n) is 17.5. The molecule has 1 fully saturated rings. The normalized spacial score (nSPS) is 16.3. The van der Waals surface area contributed by atoms with E-state index in [4.69, 9.17) is 9.47 Å². The molecule has 1 heterocycles. The molecule has 0 unspecified atom stereocenters. The molecule has 7 nitrogen and oxygen atoms in total. The minimum atomic E-state index is -3.71. The van der Waals surface area contributed by atoms with Crippen molar-refractivity contribution in [3.63, 3.8) is 0 Å². The number of carbonyl (C=O) groups is 1. The minimum absolute atomic E-state index is 0.0630. The zero-order valence-corrected chi connectivity index (χ0v) is 18.3. The molecule has 0 aromatic heterocycles. The molecule has 0 spiro atoms. The lowest BCUT2D eigenvalue weighted by atomic mass is 9.73. The Labute approximate surface area is 177 Å². The zero-order chi connectivity index (χ0) is 21.8. The van der Waals surface area contributed by atoms with E-state index in [0.29, 0.717) is 37.5 Å². The largest absolute Gasteiger partial charge is 0.495 e. The summed E-state index contributed by atoms with van der Waals surface area (Å²) in [7, 11) is -2.23. The van der Waals surface area contributed by atoms with Gasteiger partial charge in [-0.25, -0.2) is 13.1 Å². The number of carbonyl (C=O) groups excluding carboxylic acids is 1. The van der Waals surface area contributed by atoms with Crippen LogP contribution in [0.2, 0.25) is 0 Å². The summed E-state index contributed by atoms with van der Waals surface area (Å²) >= 11 is 0. The third-order valence-corrected chi connectivity index (χ3v) is 6.88.